The zero-order valence-corrected chi connectivity index (χ0v) is 14.7. The molecule has 0 aromatic rings. The Morgan fingerprint density at radius 1 is 1.45 bits per heavy atom. The van der Waals surface area contributed by atoms with Crippen molar-refractivity contribution >= 4 is 28.6 Å². The molecule has 3 nitrogen and oxygen atoms in total. The monoisotopic (exact) mass is 392 g/mol. The standard InChI is InChI=1S/C16H25IO3/c1-11-5-4-6-12(2)16(13(3)10-17)20-15(19)9-14(18)8-7-11/h4,6,10-12,14,16,18H,5,7-9H2,1-3H3/b6-4+,13-10+/t11?,12-,14+,16-/m0/s1. The Bertz CT molecular complexity index is 376. The third-order valence-corrected chi connectivity index (χ3v) is 4.71. The quantitative estimate of drug-likeness (QED) is 0.417. The summed E-state index contributed by atoms with van der Waals surface area (Å²) in [5, 5.41) is 9.89. The molecule has 1 unspecified atom stereocenters. The molecule has 0 aromatic carbocycles. The molecule has 0 radical (unpaired) electrons. The van der Waals surface area contributed by atoms with E-state index < -0.39 is 6.10 Å². The van der Waals surface area contributed by atoms with Crippen LogP contribution in [0.25, 0.3) is 0 Å². The van der Waals surface area contributed by atoms with E-state index in [-0.39, 0.29) is 24.4 Å². The minimum Gasteiger partial charge on any atom is -0.457 e. The number of aliphatic hydroxyl groups excluding tert-OH is 1. The van der Waals surface area contributed by atoms with E-state index >= 15 is 0 Å². The Hall–Kier alpha value is -0.360. The van der Waals surface area contributed by atoms with Gasteiger partial charge in [-0.25, -0.2) is 0 Å². The van der Waals surface area contributed by atoms with Crippen LogP contribution in [0.2, 0.25) is 0 Å². The summed E-state index contributed by atoms with van der Waals surface area (Å²) >= 11 is 2.17. The van der Waals surface area contributed by atoms with Gasteiger partial charge in [0.15, 0.2) is 0 Å². The summed E-state index contributed by atoms with van der Waals surface area (Å²) in [7, 11) is 0. The summed E-state index contributed by atoms with van der Waals surface area (Å²) in [5.41, 5.74) is 1.04. The fourth-order valence-corrected chi connectivity index (χ4v) is 2.74. The van der Waals surface area contributed by atoms with E-state index in [0.717, 1.165) is 18.4 Å². The molecule has 4 atom stereocenters. The predicted octanol–water partition coefficient (Wildman–Crippen LogP) is 4.00. The van der Waals surface area contributed by atoms with Crippen molar-refractivity contribution in [2.45, 2.75) is 58.7 Å². The van der Waals surface area contributed by atoms with Crippen LogP contribution in [0.4, 0.5) is 0 Å². The maximum absolute atomic E-state index is 11.9. The van der Waals surface area contributed by atoms with Crippen molar-refractivity contribution in [1.82, 2.24) is 0 Å². The molecule has 114 valence electrons. The van der Waals surface area contributed by atoms with Crippen LogP contribution < -0.4 is 0 Å². The van der Waals surface area contributed by atoms with E-state index in [0.29, 0.717) is 12.3 Å². The number of hydrogen-bond donors (Lipinski definition) is 1. The van der Waals surface area contributed by atoms with E-state index in [1.807, 2.05) is 11.0 Å². The maximum atomic E-state index is 11.9. The van der Waals surface area contributed by atoms with E-state index in [1.54, 1.807) is 0 Å². The second-order valence-electron chi connectivity index (χ2n) is 5.83. The largest absolute Gasteiger partial charge is 0.457 e. The summed E-state index contributed by atoms with van der Waals surface area (Å²) in [6, 6.07) is 0. The number of hydrogen-bond acceptors (Lipinski definition) is 3. The summed E-state index contributed by atoms with van der Waals surface area (Å²) in [4.78, 5) is 11.9. The molecule has 1 N–H and O–H groups in total. The van der Waals surface area contributed by atoms with Crippen molar-refractivity contribution in [3.8, 4) is 0 Å². The highest BCUT2D eigenvalue weighted by Gasteiger charge is 2.23. The van der Waals surface area contributed by atoms with Gasteiger partial charge in [-0.2, -0.15) is 0 Å². The molecule has 0 fully saturated rings. The molecule has 0 saturated heterocycles. The molecule has 0 amide bonds. The van der Waals surface area contributed by atoms with Crippen molar-refractivity contribution in [3.05, 3.63) is 21.8 Å². The Balaban J connectivity index is 2.88. The highest BCUT2D eigenvalue weighted by Crippen LogP contribution is 2.23. The van der Waals surface area contributed by atoms with Crippen LogP contribution in [0.15, 0.2) is 21.8 Å². The first kappa shape index (κ1) is 17.7. The van der Waals surface area contributed by atoms with Crippen molar-refractivity contribution in [3.63, 3.8) is 0 Å². The Morgan fingerprint density at radius 3 is 2.80 bits per heavy atom. The number of carbonyl (C=O) groups excluding carboxylic acids is 1. The van der Waals surface area contributed by atoms with Crippen LogP contribution in [0.1, 0.15) is 46.5 Å². The van der Waals surface area contributed by atoms with E-state index in [4.69, 9.17) is 4.74 Å². The first-order valence-electron chi connectivity index (χ1n) is 7.25. The second-order valence-corrected chi connectivity index (χ2v) is 6.45. The first-order chi connectivity index (χ1) is 9.43. The molecule has 0 spiro atoms. The van der Waals surface area contributed by atoms with Crippen LogP contribution in [-0.4, -0.2) is 23.3 Å². The van der Waals surface area contributed by atoms with Gasteiger partial charge in [-0.1, -0.05) is 48.6 Å². The van der Waals surface area contributed by atoms with Crippen LogP contribution in [-0.2, 0) is 9.53 Å². The predicted molar refractivity (Wildman–Crippen MR) is 89.6 cm³/mol. The lowest BCUT2D eigenvalue weighted by Gasteiger charge is -2.24. The van der Waals surface area contributed by atoms with Gasteiger partial charge in [0.2, 0.25) is 0 Å². The number of rotatable bonds is 1. The molecular formula is C16H25IO3. The number of ether oxygens (including phenoxy) is 1. The molecule has 4 heteroatoms. The average molecular weight is 392 g/mol. The molecule has 0 saturated carbocycles. The Labute approximate surface area is 135 Å². The molecule has 0 bridgehead atoms. The van der Waals surface area contributed by atoms with Crippen LogP contribution in [0.5, 0.6) is 0 Å². The lowest BCUT2D eigenvalue weighted by Crippen LogP contribution is -2.28. The number of aliphatic hydroxyl groups is 1. The smallest absolute Gasteiger partial charge is 0.309 e. The second kappa shape index (κ2) is 8.82. The van der Waals surface area contributed by atoms with Gasteiger partial charge in [0.05, 0.1) is 12.5 Å². The van der Waals surface area contributed by atoms with Gasteiger partial charge in [0.1, 0.15) is 6.10 Å². The van der Waals surface area contributed by atoms with E-state index in [2.05, 4.69) is 48.6 Å². The van der Waals surface area contributed by atoms with Gasteiger partial charge in [-0.15, -0.1) is 0 Å². The highest BCUT2D eigenvalue weighted by atomic mass is 127. The van der Waals surface area contributed by atoms with Crippen molar-refractivity contribution in [2.75, 3.05) is 0 Å². The number of cyclic esters (lactones) is 1. The lowest BCUT2D eigenvalue weighted by molar-refractivity contribution is -0.151. The summed E-state index contributed by atoms with van der Waals surface area (Å²) in [6.45, 7) is 6.21. The molecule has 1 rings (SSSR count). The third-order valence-electron chi connectivity index (χ3n) is 3.73. The number of halogens is 1. The Morgan fingerprint density at radius 2 is 2.15 bits per heavy atom. The van der Waals surface area contributed by atoms with Gasteiger partial charge < -0.3 is 9.84 Å². The highest BCUT2D eigenvalue weighted by molar-refractivity contribution is 14.1. The van der Waals surface area contributed by atoms with Crippen LogP contribution in [0, 0.1) is 11.8 Å². The minimum absolute atomic E-state index is 0.0914. The summed E-state index contributed by atoms with van der Waals surface area (Å²) in [5.74, 6) is 0.366. The minimum atomic E-state index is -0.590. The topological polar surface area (TPSA) is 46.5 Å². The molecule has 20 heavy (non-hydrogen) atoms. The molecule has 0 aromatic heterocycles. The fraction of sp³-hybridized carbons (Fsp3) is 0.688. The summed E-state index contributed by atoms with van der Waals surface area (Å²) in [6.07, 6.45) is 6.17. The number of esters is 1. The normalized spacial score (nSPS) is 35.6. The molecular weight excluding hydrogens is 367 g/mol. The SMILES string of the molecule is C/C(=C\I)[C@H]1OC(=O)C[C@H](O)CCC(C)C/C=C/[C@@H]1C. The van der Waals surface area contributed by atoms with E-state index in [9.17, 15) is 9.90 Å². The van der Waals surface area contributed by atoms with Crippen molar-refractivity contribution in [1.29, 1.82) is 0 Å². The zero-order chi connectivity index (χ0) is 15.1. The van der Waals surface area contributed by atoms with Crippen molar-refractivity contribution < 1.29 is 14.6 Å². The first-order valence-corrected chi connectivity index (χ1v) is 8.49. The van der Waals surface area contributed by atoms with Gasteiger partial charge in [0.25, 0.3) is 0 Å². The van der Waals surface area contributed by atoms with Crippen LogP contribution >= 0.6 is 22.6 Å². The Kier molecular flexibility index (Phi) is 7.80. The molecule has 1 aliphatic rings. The molecule has 1 aliphatic heterocycles. The maximum Gasteiger partial charge on any atom is 0.309 e. The molecule has 0 aliphatic carbocycles. The molecule has 1 heterocycles. The van der Waals surface area contributed by atoms with Crippen LogP contribution in [0.3, 0.4) is 0 Å². The average Bonchev–Trinajstić information content (AvgIpc) is 2.40. The van der Waals surface area contributed by atoms with Gasteiger partial charge >= 0.3 is 5.97 Å². The fourth-order valence-electron chi connectivity index (χ4n) is 2.38. The van der Waals surface area contributed by atoms with Gasteiger partial charge in [0, 0.05) is 5.92 Å². The lowest BCUT2D eigenvalue weighted by atomic mass is 9.94. The number of carbonyl (C=O) groups is 1. The number of allylic oxidation sites excluding steroid dienone is 1. The zero-order valence-electron chi connectivity index (χ0n) is 12.5. The van der Waals surface area contributed by atoms with Crippen molar-refractivity contribution in [2.24, 2.45) is 11.8 Å². The van der Waals surface area contributed by atoms with Gasteiger partial charge in [-0.3, -0.25) is 4.79 Å². The van der Waals surface area contributed by atoms with Gasteiger partial charge in [-0.05, 0) is 41.8 Å². The summed E-state index contributed by atoms with van der Waals surface area (Å²) < 4.78 is 7.51. The third kappa shape index (κ3) is 5.95. The van der Waals surface area contributed by atoms with E-state index in [1.165, 1.54) is 0 Å².